The predicted octanol–water partition coefficient (Wildman–Crippen LogP) is -0.655. The van der Waals surface area contributed by atoms with Crippen molar-refractivity contribution in [3.05, 3.63) is 12.4 Å². The van der Waals surface area contributed by atoms with Gasteiger partial charge < -0.3 is 16.8 Å². The van der Waals surface area contributed by atoms with Crippen LogP contribution in [0.25, 0.3) is 0 Å². The molecule has 0 spiro atoms. The highest BCUT2D eigenvalue weighted by Crippen LogP contribution is 2.05. The lowest BCUT2D eigenvalue weighted by Crippen LogP contribution is -2.32. The lowest BCUT2D eigenvalue weighted by molar-refractivity contribution is -0.118. The molecule has 1 amide bonds. The quantitative estimate of drug-likeness (QED) is 0.574. The molecule has 0 bridgehead atoms. The molecular weight excluding hydrogens is 170 g/mol. The van der Waals surface area contributed by atoms with Gasteiger partial charge >= 0.3 is 0 Å². The molecule has 1 aromatic rings. The van der Waals surface area contributed by atoms with Crippen molar-refractivity contribution < 1.29 is 4.79 Å². The Morgan fingerprint density at radius 2 is 2.31 bits per heavy atom. The van der Waals surface area contributed by atoms with Crippen molar-refractivity contribution in [2.24, 2.45) is 5.73 Å². The van der Waals surface area contributed by atoms with Crippen molar-refractivity contribution in [2.75, 3.05) is 11.1 Å². The standard InChI is InChI=1S/C7H11N5O/c1-4(7(9)13)12-6-2-5(8)10-3-11-6/h2-4H,1H3,(H2,9,13)(H3,8,10,11,12). The zero-order valence-electron chi connectivity index (χ0n) is 7.19. The Bertz CT molecular complexity index is 314. The topological polar surface area (TPSA) is 107 Å². The summed E-state index contributed by atoms with van der Waals surface area (Å²) in [5.74, 6) is 0.380. The molecule has 6 heteroatoms. The number of anilines is 2. The summed E-state index contributed by atoms with van der Waals surface area (Å²) < 4.78 is 0. The molecule has 0 saturated carbocycles. The van der Waals surface area contributed by atoms with Gasteiger partial charge in [0.05, 0.1) is 0 Å². The second-order valence-corrected chi connectivity index (χ2v) is 2.60. The first-order valence-corrected chi connectivity index (χ1v) is 3.73. The van der Waals surface area contributed by atoms with E-state index in [1.807, 2.05) is 0 Å². The minimum atomic E-state index is -0.478. The third-order valence-electron chi connectivity index (χ3n) is 1.48. The number of nitrogens with one attached hydrogen (secondary N) is 1. The molecule has 13 heavy (non-hydrogen) atoms. The Kier molecular flexibility index (Phi) is 2.63. The first-order valence-electron chi connectivity index (χ1n) is 3.73. The molecule has 1 heterocycles. The SMILES string of the molecule is CC(Nc1cc(N)ncn1)C(N)=O. The molecule has 0 radical (unpaired) electrons. The van der Waals surface area contributed by atoms with E-state index < -0.39 is 11.9 Å². The zero-order valence-corrected chi connectivity index (χ0v) is 7.19. The van der Waals surface area contributed by atoms with Crippen molar-refractivity contribution in [2.45, 2.75) is 13.0 Å². The van der Waals surface area contributed by atoms with Crippen LogP contribution in [0.2, 0.25) is 0 Å². The Morgan fingerprint density at radius 1 is 1.62 bits per heavy atom. The molecule has 6 nitrogen and oxygen atoms in total. The van der Waals surface area contributed by atoms with Gasteiger partial charge in [-0.3, -0.25) is 4.79 Å². The lowest BCUT2D eigenvalue weighted by atomic mass is 10.3. The number of nitrogen functional groups attached to an aromatic ring is 1. The summed E-state index contributed by atoms with van der Waals surface area (Å²) in [4.78, 5) is 18.2. The van der Waals surface area contributed by atoms with Gasteiger partial charge in [0.15, 0.2) is 0 Å². The number of carbonyl (C=O) groups excluding carboxylic acids is 1. The molecule has 0 aliphatic carbocycles. The van der Waals surface area contributed by atoms with Gasteiger partial charge in [-0.1, -0.05) is 0 Å². The smallest absolute Gasteiger partial charge is 0.239 e. The molecule has 1 atom stereocenters. The molecular formula is C7H11N5O. The van der Waals surface area contributed by atoms with E-state index in [1.54, 1.807) is 6.92 Å². The van der Waals surface area contributed by atoms with E-state index in [4.69, 9.17) is 11.5 Å². The molecule has 0 aliphatic rings. The maximum absolute atomic E-state index is 10.7. The normalized spacial score (nSPS) is 12.1. The van der Waals surface area contributed by atoms with Crippen LogP contribution in [0.15, 0.2) is 12.4 Å². The number of carbonyl (C=O) groups is 1. The molecule has 70 valence electrons. The summed E-state index contributed by atoms with van der Waals surface area (Å²) in [7, 11) is 0. The van der Waals surface area contributed by atoms with Crippen LogP contribution in [0.3, 0.4) is 0 Å². The number of primary amides is 1. The molecule has 0 fully saturated rings. The summed E-state index contributed by atoms with van der Waals surface area (Å²) in [6.07, 6.45) is 1.31. The molecule has 0 aliphatic heterocycles. The fourth-order valence-corrected chi connectivity index (χ4v) is 0.744. The van der Waals surface area contributed by atoms with Gasteiger partial charge in [0.25, 0.3) is 0 Å². The van der Waals surface area contributed by atoms with Gasteiger partial charge in [0, 0.05) is 6.07 Å². The third kappa shape index (κ3) is 2.58. The van der Waals surface area contributed by atoms with E-state index in [9.17, 15) is 4.79 Å². The van der Waals surface area contributed by atoms with Crippen molar-refractivity contribution in [1.82, 2.24) is 9.97 Å². The van der Waals surface area contributed by atoms with Crippen LogP contribution in [0.1, 0.15) is 6.92 Å². The van der Waals surface area contributed by atoms with E-state index in [2.05, 4.69) is 15.3 Å². The third-order valence-corrected chi connectivity index (χ3v) is 1.48. The average molecular weight is 181 g/mol. The average Bonchev–Trinajstić information content (AvgIpc) is 2.04. The summed E-state index contributed by atoms with van der Waals surface area (Å²) in [5.41, 5.74) is 10.4. The lowest BCUT2D eigenvalue weighted by Gasteiger charge is -2.09. The molecule has 1 unspecified atom stereocenters. The van der Waals surface area contributed by atoms with Gasteiger partial charge in [-0.25, -0.2) is 9.97 Å². The maximum Gasteiger partial charge on any atom is 0.239 e. The maximum atomic E-state index is 10.7. The first kappa shape index (κ1) is 9.24. The molecule has 5 N–H and O–H groups in total. The number of aromatic nitrogens is 2. The van der Waals surface area contributed by atoms with Crippen LogP contribution in [-0.2, 0) is 4.79 Å². The van der Waals surface area contributed by atoms with E-state index in [0.717, 1.165) is 0 Å². The molecule has 1 rings (SSSR count). The zero-order chi connectivity index (χ0) is 9.84. The van der Waals surface area contributed by atoms with Gasteiger partial charge in [-0.15, -0.1) is 0 Å². The fraction of sp³-hybridized carbons (Fsp3) is 0.286. The second-order valence-electron chi connectivity index (χ2n) is 2.60. The van der Waals surface area contributed by atoms with Gasteiger partial charge in [0.2, 0.25) is 5.91 Å². The Morgan fingerprint density at radius 3 is 2.85 bits per heavy atom. The molecule has 0 saturated heterocycles. The summed E-state index contributed by atoms with van der Waals surface area (Å²) in [6.45, 7) is 1.64. The van der Waals surface area contributed by atoms with Crippen molar-refractivity contribution in [3.8, 4) is 0 Å². The van der Waals surface area contributed by atoms with Crippen molar-refractivity contribution >= 4 is 17.5 Å². The van der Waals surface area contributed by atoms with E-state index in [0.29, 0.717) is 11.6 Å². The highest BCUT2D eigenvalue weighted by Gasteiger charge is 2.08. The molecule has 1 aromatic heterocycles. The number of nitrogens with zero attached hydrogens (tertiary/aromatic N) is 2. The number of hydrogen-bond acceptors (Lipinski definition) is 5. The summed E-state index contributed by atoms with van der Waals surface area (Å²) in [5, 5.41) is 2.78. The number of nitrogens with two attached hydrogens (primary N) is 2. The van der Waals surface area contributed by atoms with Crippen LogP contribution < -0.4 is 16.8 Å². The molecule has 0 aromatic carbocycles. The number of amides is 1. The summed E-state index contributed by atoms with van der Waals surface area (Å²) >= 11 is 0. The van der Waals surface area contributed by atoms with Crippen LogP contribution in [0, 0.1) is 0 Å². The van der Waals surface area contributed by atoms with Crippen molar-refractivity contribution in [3.63, 3.8) is 0 Å². The highest BCUT2D eigenvalue weighted by atomic mass is 16.1. The van der Waals surface area contributed by atoms with Crippen LogP contribution in [0.5, 0.6) is 0 Å². The van der Waals surface area contributed by atoms with E-state index in [-0.39, 0.29) is 0 Å². The van der Waals surface area contributed by atoms with Crippen LogP contribution in [0.4, 0.5) is 11.6 Å². The Labute approximate surface area is 75.4 Å². The van der Waals surface area contributed by atoms with Crippen LogP contribution >= 0.6 is 0 Å². The number of rotatable bonds is 3. The van der Waals surface area contributed by atoms with Gasteiger partial charge in [-0.2, -0.15) is 0 Å². The van der Waals surface area contributed by atoms with Crippen LogP contribution in [-0.4, -0.2) is 21.9 Å². The largest absolute Gasteiger partial charge is 0.384 e. The van der Waals surface area contributed by atoms with Crippen molar-refractivity contribution in [1.29, 1.82) is 0 Å². The monoisotopic (exact) mass is 181 g/mol. The minimum Gasteiger partial charge on any atom is -0.384 e. The highest BCUT2D eigenvalue weighted by molar-refractivity contribution is 5.82. The Balaban J connectivity index is 2.69. The van der Waals surface area contributed by atoms with E-state index in [1.165, 1.54) is 12.4 Å². The fourth-order valence-electron chi connectivity index (χ4n) is 0.744. The van der Waals surface area contributed by atoms with Gasteiger partial charge in [0.1, 0.15) is 24.0 Å². The second kappa shape index (κ2) is 3.70. The van der Waals surface area contributed by atoms with E-state index >= 15 is 0 Å². The van der Waals surface area contributed by atoms with Gasteiger partial charge in [-0.05, 0) is 6.92 Å². The minimum absolute atomic E-state index is 0.342. The Hall–Kier alpha value is -1.85. The number of hydrogen-bond donors (Lipinski definition) is 3. The predicted molar refractivity (Wildman–Crippen MR) is 48.7 cm³/mol. The summed E-state index contributed by atoms with van der Waals surface area (Å²) in [6, 6.07) is 1.05. The first-order chi connectivity index (χ1) is 6.09.